The zero-order chi connectivity index (χ0) is 25.4. The lowest BCUT2D eigenvalue weighted by Crippen LogP contribution is -2.28. The zero-order valence-electron chi connectivity index (χ0n) is 21.7. The van der Waals surface area contributed by atoms with Crippen LogP contribution in [-0.4, -0.2) is 9.88 Å². The van der Waals surface area contributed by atoms with Gasteiger partial charge in [-0.3, -0.25) is 4.98 Å². The molecule has 2 aliphatic heterocycles. The molecule has 0 saturated carbocycles. The second-order valence-electron chi connectivity index (χ2n) is 10.4. The van der Waals surface area contributed by atoms with Crippen molar-refractivity contribution in [3.8, 4) is 22.4 Å². The molecule has 3 aromatic carbocycles. The van der Waals surface area contributed by atoms with E-state index in [0.717, 1.165) is 12.1 Å². The Morgan fingerprint density at radius 3 is 2.43 bits per heavy atom. The summed E-state index contributed by atoms with van der Waals surface area (Å²) in [6, 6.07) is 31.0. The van der Waals surface area contributed by atoms with Crippen molar-refractivity contribution in [3.05, 3.63) is 144 Å². The minimum Gasteiger partial charge on any atom is -0.340 e. The molecule has 0 N–H and O–H groups in total. The summed E-state index contributed by atoms with van der Waals surface area (Å²) in [5.41, 5.74) is 12.3. The largest absolute Gasteiger partial charge is 0.340 e. The minimum atomic E-state index is 0.226. The van der Waals surface area contributed by atoms with Crippen LogP contribution in [0.15, 0.2) is 121 Å². The number of rotatable bonds is 5. The monoisotopic (exact) mass is 480 g/mol. The van der Waals surface area contributed by atoms with E-state index in [0.29, 0.717) is 5.92 Å². The Balaban J connectivity index is 1.59. The van der Waals surface area contributed by atoms with E-state index in [2.05, 4.69) is 135 Å². The number of fused-ring (bicyclic) bond motifs is 3. The van der Waals surface area contributed by atoms with Gasteiger partial charge in [-0.15, -0.1) is 0 Å². The van der Waals surface area contributed by atoms with Crippen molar-refractivity contribution in [3.63, 3.8) is 0 Å². The second-order valence-corrected chi connectivity index (χ2v) is 10.4. The van der Waals surface area contributed by atoms with Gasteiger partial charge in [-0.05, 0) is 76.9 Å². The molecule has 0 saturated heterocycles. The summed E-state index contributed by atoms with van der Waals surface area (Å²) in [6.45, 7) is 6.79. The second kappa shape index (κ2) is 9.71. The van der Waals surface area contributed by atoms with Crippen LogP contribution >= 0.6 is 0 Å². The molecule has 2 nitrogen and oxygen atoms in total. The molecule has 37 heavy (non-hydrogen) atoms. The Kier molecular flexibility index (Phi) is 6.10. The molecule has 1 atom stereocenters. The molecule has 3 heterocycles. The number of hydrogen-bond acceptors (Lipinski definition) is 2. The first-order chi connectivity index (χ1) is 18.1. The Morgan fingerprint density at radius 2 is 1.59 bits per heavy atom. The molecule has 6 rings (SSSR count). The van der Waals surface area contributed by atoms with Gasteiger partial charge in [-0.1, -0.05) is 92.7 Å². The van der Waals surface area contributed by atoms with Crippen LogP contribution in [-0.2, 0) is 6.42 Å². The molecule has 0 fully saturated rings. The number of nitrogens with zero attached hydrogens (tertiary/aromatic N) is 2. The highest BCUT2D eigenvalue weighted by molar-refractivity contribution is 5.93. The highest BCUT2D eigenvalue weighted by Crippen LogP contribution is 2.46. The van der Waals surface area contributed by atoms with Gasteiger partial charge >= 0.3 is 0 Å². The fourth-order valence-electron chi connectivity index (χ4n) is 5.72. The lowest BCUT2D eigenvalue weighted by Gasteiger charge is -2.39. The Hall–Kier alpha value is -4.17. The SMILES string of the molecule is CC1=C(c2ccc(-c3ccccc3)cc2-c2cc(CC(C)C)ccn2)c2ccccc2C2C=CC=CN12. The fraction of sp³-hybridized carbons (Fsp3) is 0.171. The first-order valence-electron chi connectivity index (χ1n) is 13.2. The molecule has 2 aliphatic rings. The van der Waals surface area contributed by atoms with Gasteiger partial charge in [0.15, 0.2) is 0 Å². The third kappa shape index (κ3) is 4.34. The van der Waals surface area contributed by atoms with Gasteiger partial charge in [0.05, 0.1) is 11.7 Å². The number of aromatic nitrogens is 1. The smallest absolute Gasteiger partial charge is 0.0775 e. The summed E-state index contributed by atoms with van der Waals surface area (Å²) in [4.78, 5) is 7.31. The number of allylic oxidation sites excluding steroid dienone is 3. The van der Waals surface area contributed by atoms with Gasteiger partial charge in [0.1, 0.15) is 0 Å². The van der Waals surface area contributed by atoms with Crippen LogP contribution in [0.4, 0.5) is 0 Å². The normalized spacial score (nSPS) is 16.2. The molecule has 0 aliphatic carbocycles. The predicted molar refractivity (Wildman–Crippen MR) is 155 cm³/mol. The standard InChI is InChI=1S/C35H32N2/c1-24(2)21-26-18-19-36-33(22-26)32-23-28(27-11-5-4-6-12-27)16-17-31(32)35-25(3)37-20-10-9-15-34(37)29-13-7-8-14-30(29)35/h4-20,22-24,34H,21H2,1-3H3. The molecule has 0 radical (unpaired) electrons. The van der Waals surface area contributed by atoms with Gasteiger partial charge in [0.2, 0.25) is 0 Å². The third-order valence-corrected chi connectivity index (χ3v) is 7.39. The Bertz CT molecular complexity index is 1540. The van der Waals surface area contributed by atoms with Crippen molar-refractivity contribution < 1.29 is 0 Å². The van der Waals surface area contributed by atoms with Gasteiger partial charge in [0, 0.05) is 29.2 Å². The van der Waals surface area contributed by atoms with Crippen molar-refractivity contribution in [2.75, 3.05) is 0 Å². The Labute approximate surface area is 220 Å². The summed E-state index contributed by atoms with van der Waals surface area (Å²) < 4.78 is 0. The van der Waals surface area contributed by atoms with Crippen LogP contribution < -0.4 is 0 Å². The molecule has 1 aromatic heterocycles. The first kappa shape index (κ1) is 23.2. The Morgan fingerprint density at radius 1 is 0.784 bits per heavy atom. The van der Waals surface area contributed by atoms with Crippen LogP contribution in [0.2, 0.25) is 0 Å². The maximum atomic E-state index is 4.91. The summed E-state index contributed by atoms with van der Waals surface area (Å²) >= 11 is 0. The molecular weight excluding hydrogens is 448 g/mol. The molecule has 0 spiro atoms. The molecule has 1 unspecified atom stereocenters. The van der Waals surface area contributed by atoms with E-state index in [9.17, 15) is 0 Å². The van der Waals surface area contributed by atoms with Gasteiger partial charge < -0.3 is 4.90 Å². The molecule has 0 bridgehead atoms. The lowest BCUT2D eigenvalue weighted by atomic mass is 9.81. The molecule has 0 amide bonds. The minimum absolute atomic E-state index is 0.226. The van der Waals surface area contributed by atoms with E-state index in [-0.39, 0.29) is 6.04 Å². The van der Waals surface area contributed by atoms with Crippen molar-refractivity contribution in [1.29, 1.82) is 0 Å². The third-order valence-electron chi connectivity index (χ3n) is 7.39. The summed E-state index contributed by atoms with van der Waals surface area (Å²) in [5.74, 6) is 0.594. The van der Waals surface area contributed by atoms with Gasteiger partial charge in [0.25, 0.3) is 0 Å². The van der Waals surface area contributed by atoms with Crippen LogP contribution in [0.5, 0.6) is 0 Å². The summed E-state index contributed by atoms with van der Waals surface area (Å²) in [5, 5.41) is 0. The molecule has 4 aromatic rings. The lowest BCUT2D eigenvalue weighted by molar-refractivity contribution is 0.394. The maximum Gasteiger partial charge on any atom is 0.0775 e. The quantitative estimate of drug-likeness (QED) is 0.284. The highest BCUT2D eigenvalue weighted by Gasteiger charge is 2.31. The average molecular weight is 481 g/mol. The van der Waals surface area contributed by atoms with Crippen LogP contribution in [0.3, 0.4) is 0 Å². The highest BCUT2D eigenvalue weighted by atomic mass is 15.2. The zero-order valence-corrected chi connectivity index (χ0v) is 21.7. The van der Waals surface area contributed by atoms with E-state index in [1.165, 1.54) is 50.2 Å². The maximum absolute atomic E-state index is 4.91. The van der Waals surface area contributed by atoms with E-state index in [4.69, 9.17) is 4.98 Å². The number of hydrogen-bond donors (Lipinski definition) is 0. The predicted octanol–water partition coefficient (Wildman–Crippen LogP) is 8.83. The van der Waals surface area contributed by atoms with E-state index in [1.807, 2.05) is 6.20 Å². The van der Waals surface area contributed by atoms with E-state index < -0.39 is 0 Å². The van der Waals surface area contributed by atoms with Crippen molar-refractivity contribution >= 4 is 5.57 Å². The van der Waals surface area contributed by atoms with Crippen LogP contribution in [0.25, 0.3) is 28.0 Å². The molecular formula is C35H32N2. The summed E-state index contributed by atoms with van der Waals surface area (Å²) in [7, 11) is 0. The molecule has 2 heteroatoms. The van der Waals surface area contributed by atoms with Crippen LogP contribution in [0, 0.1) is 5.92 Å². The topological polar surface area (TPSA) is 16.1 Å². The van der Waals surface area contributed by atoms with E-state index >= 15 is 0 Å². The van der Waals surface area contributed by atoms with Crippen molar-refractivity contribution in [1.82, 2.24) is 9.88 Å². The number of pyridine rings is 1. The first-order valence-corrected chi connectivity index (χ1v) is 13.2. The molecule has 182 valence electrons. The van der Waals surface area contributed by atoms with E-state index in [1.54, 1.807) is 0 Å². The van der Waals surface area contributed by atoms with Crippen molar-refractivity contribution in [2.45, 2.75) is 33.2 Å². The number of benzene rings is 3. The van der Waals surface area contributed by atoms with Gasteiger partial charge in [-0.25, -0.2) is 0 Å². The van der Waals surface area contributed by atoms with Gasteiger partial charge in [-0.2, -0.15) is 0 Å². The fourth-order valence-corrected chi connectivity index (χ4v) is 5.72. The average Bonchev–Trinajstić information content (AvgIpc) is 2.94. The summed E-state index contributed by atoms with van der Waals surface area (Å²) in [6.07, 6.45) is 11.8. The van der Waals surface area contributed by atoms with Crippen molar-refractivity contribution in [2.24, 2.45) is 5.92 Å². The van der Waals surface area contributed by atoms with Crippen LogP contribution in [0.1, 0.15) is 49.1 Å².